The molecule has 2 amide bonds. The molecule has 0 saturated carbocycles. The second kappa shape index (κ2) is 11.3. The van der Waals surface area contributed by atoms with Gasteiger partial charge in [-0.1, -0.05) is 42.5 Å². The van der Waals surface area contributed by atoms with E-state index >= 15 is 0 Å². The number of aryl methyl sites for hydroxylation is 1. The van der Waals surface area contributed by atoms with Crippen LogP contribution in [0.1, 0.15) is 41.0 Å². The number of nitrogens with one attached hydrogen (secondary N) is 1. The van der Waals surface area contributed by atoms with E-state index in [2.05, 4.69) is 22.0 Å². The van der Waals surface area contributed by atoms with E-state index in [1.165, 1.54) is 0 Å². The molecule has 1 aliphatic heterocycles. The molecule has 2 aromatic heterocycles. The third kappa shape index (κ3) is 5.04. The molecule has 0 bridgehead atoms. The van der Waals surface area contributed by atoms with Gasteiger partial charge in [0.25, 0.3) is 0 Å². The van der Waals surface area contributed by atoms with Crippen LogP contribution in [0.25, 0.3) is 11.5 Å². The summed E-state index contributed by atoms with van der Waals surface area (Å²) in [5.41, 5.74) is 5.71. The summed E-state index contributed by atoms with van der Waals surface area (Å²) < 4.78 is 15.4. The first-order chi connectivity index (χ1) is 20.1. The molecule has 3 heterocycles. The van der Waals surface area contributed by atoms with E-state index in [-0.39, 0.29) is 12.1 Å². The highest BCUT2D eigenvalue weighted by Crippen LogP contribution is 2.39. The number of carbonyl (C=O) groups is 1. The van der Waals surface area contributed by atoms with Crippen LogP contribution in [0.3, 0.4) is 0 Å². The second-order valence-electron chi connectivity index (χ2n) is 9.98. The number of para-hydroxylation sites is 1. The lowest BCUT2D eigenvalue weighted by Crippen LogP contribution is -2.41. The number of hydrogen-bond donors (Lipinski definition) is 1. The van der Waals surface area contributed by atoms with E-state index in [1.807, 2.05) is 108 Å². The number of hydrogen-bond acceptors (Lipinski definition) is 4. The van der Waals surface area contributed by atoms with Crippen molar-refractivity contribution in [2.45, 2.75) is 33.0 Å². The van der Waals surface area contributed by atoms with Gasteiger partial charge in [-0.05, 0) is 73.5 Å². The lowest BCUT2D eigenvalue weighted by Gasteiger charge is -2.31. The van der Waals surface area contributed by atoms with Gasteiger partial charge in [-0.15, -0.1) is 0 Å². The average molecular weight is 548 g/mol. The summed E-state index contributed by atoms with van der Waals surface area (Å²) in [6, 6.07) is 29.4. The van der Waals surface area contributed by atoms with E-state index in [9.17, 15) is 4.79 Å². The summed E-state index contributed by atoms with van der Waals surface area (Å²) in [6.07, 6.45) is 2.05. The maximum Gasteiger partial charge on any atom is 0.318 e. The summed E-state index contributed by atoms with van der Waals surface area (Å²) in [5.74, 6) is 2.46. The second-order valence-corrected chi connectivity index (χ2v) is 9.98. The lowest BCUT2D eigenvalue weighted by atomic mass is 10.0. The molecule has 0 saturated heterocycles. The fourth-order valence-corrected chi connectivity index (χ4v) is 5.50. The maximum absolute atomic E-state index is 14.1. The number of benzene rings is 3. The topological polar surface area (TPSA) is 73.5 Å². The maximum atomic E-state index is 14.1. The van der Waals surface area contributed by atoms with E-state index in [0.29, 0.717) is 19.7 Å². The van der Waals surface area contributed by atoms with Crippen LogP contribution in [0, 0.1) is 6.92 Å². The standard InChI is InChI=1S/C33H33N5O3/c1-4-41-28-16-9-12-25(20-28)31-30-17-10-18-36(30)32-29(23(2)35-38(32)26-13-6-5-7-14-26)22-37(31)33(39)34-21-24-11-8-15-27(19-24)40-3/h5-20,31H,4,21-22H2,1-3H3,(H,34,39)/t31-/m0/s1. The number of nitrogens with zero attached hydrogens (tertiary/aromatic N) is 4. The van der Waals surface area contributed by atoms with Crippen molar-refractivity contribution in [3.8, 4) is 23.0 Å². The molecule has 3 aromatic carbocycles. The summed E-state index contributed by atoms with van der Waals surface area (Å²) >= 11 is 0. The van der Waals surface area contributed by atoms with Crippen molar-refractivity contribution in [1.29, 1.82) is 0 Å². The highest BCUT2D eigenvalue weighted by Gasteiger charge is 2.36. The minimum Gasteiger partial charge on any atom is -0.497 e. The van der Waals surface area contributed by atoms with Crippen LogP contribution in [0.5, 0.6) is 11.5 Å². The molecule has 0 radical (unpaired) electrons. The Morgan fingerprint density at radius 3 is 2.59 bits per heavy atom. The molecular weight excluding hydrogens is 514 g/mol. The van der Waals surface area contributed by atoms with Crippen molar-refractivity contribution < 1.29 is 14.3 Å². The van der Waals surface area contributed by atoms with Gasteiger partial charge in [-0.25, -0.2) is 9.48 Å². The first-order valence-electron chi connectivity index (χ1n) is 13.8. The number of aromatic nitrogens is 3. The zero-order chi connectivity index (χ0) is 28.3. The van der Waals surface area contributed by atoms with Crippen molar-refractivity contribution in [1.82, 2.24) is 24.6 Å². The average Bonchev–Trinajstić information content (AvgIpc) is 3.57. The quantitative estimate of drug-likeness (QED) is 0.264. The van der Waals surface area contributed by atoms with Gasteiger partial charge in [0, 0.05) is 18.3 Å². The number of ether oxygens (including phenoxy) is 2. The van der Waals surface area contributed by atoms with Crippen LogP contribution in [-0.4, -0.2) is 39.0 Å². The summed E-state index contributed by atoms with van der Waals surface area (Å²) in [4.78, 5) is 16.0. The van der Waals surface area contributed by atoms with Crippen LogP contribution in [0.4, 0.5) is 4.79 Å². The summed E-state index contributed by atoms with van der Waals surface area (Å²) in [7, 11) is 1.64. The summed E-state index contributed by atoms with van der Waals surface area (Å²) in [6.45, 7) is 5.28. The minimum absolute atomic E-state index is 0.174. The van der Waals surface area contributed by atoms with E-state index in [0.717, 1.165) is 51.1 Å². The smallest absolute Gasteiger partial charge is 0.318 e. The number of carbonyl (C=O) groups excluding carboxylic acids is 1. The van der Waals surface area contributed by atoms with E-state index in [4.69, 9.17) is 14.6 Å². The molecule has 5 aromatic rings. The normalized spacial score (nSPS) is 14.1. The molecule has 1 atom stereocenters. The largest absolute Gasteiger partial charge is 0.497 e. The van der Waals surface area contributed by atoms with Crippen LogP contribution in [0.15, 0.2) is 97.2 Å². The Hall–Kier alpha value is -4.98. The third-order valence-electron chi connectivity index (χ3n) is 7.41. The van der Waals surface area contributed by atoms with Crippen LogP contribution in [-0.2, 0) is 13.1 Å². The van der Waals surface area contributed by atoms with Gasteiger partial charge in [0.2, 0.25) is 0 Å². The lowest BCUT2D eigenvalue weighted by molar-refractivity contribution is 0.180. The number of amides is 2. The first kappa shape index (κ1) is 26.3. The number of methoxy groups -OCH3 is 1. The molecule has 8 heteroatoms. The van der Waals surface area contributed by atoms with Gasteiger partial charge in [-0.3, -0.25) is 0 Å². The molecule has 0 spiro atoms. The predicted octanol–water partition coefficient (Wildman–Crippen LogP) is 6.19. The molecule has 208 valence electrons. The first-order valence-corrected chi connectivity index (χ1v) is 13.8. The van der Waals surface area contributed by atoms with E-state index in [1.54, 1.807) is 7.11 Å². The Labute approximate surface area is 239 Å². The molecule has 0 aliphatic carbocycles. The minimum atomic E-state index is -0.369. The molecule has 0 fully saturated rings. The van der Waals surface area contributed by atoms with Crippen molar-refractivity contribution >= 4 is 6.03 Å². The van der Waals surface area contributed by atoms with Crippen molar-refractivity contribution in [3.63, 3.8) is 0 Å². The predicted molar refractivity (Wildman–Crippen MR) is 158 cm³/mol. The van der Waals surface area contributed by atoms with Crippen molar-refractivity contribution in [3.05, 3.63) is 125 Å². The van der Waals surface area contributed by atoms with Gasteiger partial charge in [0.05, 0.1) is 43.4 Å². The highest BCUT2D eigenvalue weighted by molar-refractivity contribution is 5.76. The molecule has 1 aliphatic rings. The zero-order valence-electron chi connectivity index (χ0n) is 23.4. The van der Waals surface area contributed by atoms with Gasteiger partial charge >= 0.3 is 6.03 Å². The Kier molecular flexibility index (Phi) is 7.20. The fraction of sp³-hybridized carbons (Fsp3) is 0.212. The molecule has 8 nitrogen and oxygen atoms in total. The number of urea groups is 1. The van der Waals surface area contributed by atoms with E-state index < -0.39 is 0 Å². The Bertz CT molecular complexity index is 1670. The van der Waals surface area contributed by atoms with Gasteiger partial charge in [0.1, 0.15) is 17.3 Å². The molecule has 1 N–H and O–H groups in total. The van der Waals surface area contributed by atoms with Crippen molar-refractivity contribution in [2.75, 3.05) is 13.7 Å². The van der Waals surface area contributed by atoms with Gasteiger partial charge in [-0.2, -0.15) is 5.10 Å². The van der Waals surface area contributed by atoms with Crippen LogP contribution in [0.2, 0.25) is 0 Å². The molecule has 0 unspecified atom stereocenters. The molecule has 41 heavy (non-hydrogen) atoms. The zero-order valence-corrected chi connectivity index (χ0v) is 23.4. The number of fused-ring (bicyclic) bond motifs is 3. The Balaban J connectivity index is 1.46. The monoisotopic (exact) mass is 547 g/mol. The number of rotatable bonds is 7. The molecule has 6 rings (SSSR count). The SMILES string of the molecule is CCOc1cccc([C@H]2c3cccn3-c3c(c(C)nn3-c3ccccc3)CN2C(=O)NCc2cccc(OC)c2)c1. The Morgan fingerprint density at radius 1 is 0.976 bits per heavy atom. The third-order valence-corrected chi connectivity index (χ3v) is 7.41. The molecular formula is C33H33N5O3. The Morgan fingerprint density at radius 2 is 1.78 bits per heavy atom. The van der Waals surface area contributed by atoms with Gasteiger partial charge < -0.3 is 24.3 Å². The highest BCUT2D eigenvalue weighted by atomic mass is 16.5. The fourth-order valence-electron chi connectivity index (χ4n) is 5.50. The van der Waals surface area contributed by atoms with Crippen LogP contribution < -0.4 is 14.8 Å². The van der Waals surface area contributed by atoms with Gasteiger partial charge in [0.15, 0.2) is 0 Å². The van der Waals surface area contributed by atoms with Crippen LogP contribution >= 0.6 is 0 Å². The summed E-state index contributed by atoms with van der Waals surface area (Å²) in [5, 5.41) is 8.09. The van der Waals surface area contributed by atoms with Crippen molar-refractivity contribution in [2.24, 2.45) is 0 Å².